The lowest BCUT2D eigenvalue weighted by Crippen LogP contribution is -2.44. The van der Waals surface area contributed by atoms with Crippen LogP contribution in [0.1, 0.15) is 23.7 Å². The number of aromatic nitrogens is 1. The summed E-state index contributed by atoms with van der Waals surface area (Å²) in [7, 11) is 2.78. The van der Waals surface area contributed by atoms with E-state index in [0.717, 1.165) is 16.8 Å². The van der Waals surface area contributed by atoms with Crippen LogP contribution in [-0.4, -0.2) is 37.2 Å². The molecule has 1 rings (SSSR count). The highest BCUT2D eigenvalue weighted by molar-refractivity contribution is 5.85. The third-order valence-corrected chi connectivity index (χ3v) is 2.98. The van der Waals surface area contributed by atoms with Gasteiger partial charge in [-0.25, -0.2) is 9.78 Å². The van der Waals surface area contributed by atoms with E-state index in [2.05, 4.69) is 20.4 Å². The Morgan fingerprint density at radius 1 is 1.33 bits per heavy atom. The quantitative estimate of drug-likeness (QED) is 0.848. The van der Waals surface area contributed by atoms with Crippen molar-refractivity contribution in [2.24, 2.45) is 0 Å². The Kier molecular flexibility index (Phi) is 5.95. The second-order valence-corrected chi connectivity index (χ2v) is 4.64. The first kappa shape index (κ1) is 16.7. The van der Waals surface area contributed by atoms with Gasteiger partial charge in [-0.15, -0.1) is 0 Å². The van der Waals surface area contributed by atoms with Crippen molar-refractivity contribution in [1.82, 2.24) is 15.6 Å². The number of methoxy groups -OCH3 is 2. The highest BCUT2D eigenvalue weighted by Crippen LogP contribution is 2.20. The SMILES string of the molecule is COC(=O)N[C@@H](C)C(=O)NCc1c(C)cc(C)nc1OC. The third-order valence-electron chi connectivity index (χ3n) is 2.98. The van der Waals surface area contributed by atoms with Crippen LogP contribution in [0.15, 0.2) is 6.07 Å². The Balaban J connectivity index is 2.71. The Morgan fingerprint density at radius 3 is 2.57 bits per heavy atom. The van der Waals surface area contributed by atoms with Crippen molar-refractivity contribution < 1.29 is 19.1 Å². The number of hydrogen-bond donors (Lipinski definition) is 2. The minimum absolute atomic E-state index is 0.272. The van der Waals surface area contributed by atoms with Crippen molar-refractivity contribution in [2.45, 2.75) is 33.4 Å². The standard InChI is InChI=1S/C14H21N3O4/c1-8-6-9(2)16-13(20-4)11(8)7-15-12(18)10(3)17-14(19)21-5/h6,10H,7H2,1-5H3,(H,15,18)(H,17,19)/t10-/m0/s1. The molecule has 1 aromatic rings. The minimum atomic E-state index is -0.692. The van der Waals surface area contributed by atoms with Crippen LogP contribution in [0.2, 0.25) is 0 Å². The molecule has 1 atom stereocenters. The van der Waals surface area contributed by atoms with Crippen molar-refractivity contribution in [1.29, 1.82) is 0 Å². The summed E-state index contributed by atoms with van der Waals surface area (Å²) in [6, 6.07) is 1.22. The van der Waals surface area contributed by atoms with E-state index in [1.54, 1.807) is 6.92 Å². The third kappa shape index (κ3) is 4.62. The van der Waals surface area contributed by atoms with E-state index in [1.165, 1.54) is 14.2 Å². The van der Waals surface area contributed by atoms with E-state index in [4.69, 9.17) is 4.74 Å². The van der Waals surface area contributed by atoms with Gasteiger partial charge < -0.3 is 20.1 Å². The summed E-state index contributed by atoms with van der Waals surface area (Å²) in [4.78, 5) is 27.2. The molecule has 1 aromatic heterocycles. The number of nitrogens with one attached hydrogen (secondary N) is 2. The minimum Gasteiger partial charge on any atom is -0.481 e. The van der Waals surface area contributed by atoms with Crippen LogP contribution >= 0.6 is 0 Å². The van der Waals surface area contributed by atoms with Crippen LogP contribution in [0.5, 0.6) is 5.88 Å². The fourth-order valence-electron chi connectivity index (χ4n) is 1.84. The number of aryl methyl sites for hydroxylation is 2. The zero-order chi connectivity index (χ0) is 16.0. The molecule has 2 N–H and O–H groups in total. The first-order chi connectivity index (χ1) is 9.88. The molecule has 0 unspecified atom stereocenters. The predicted molar refractivity (Wildman–Crippen MR) is 77.1 cm³/mol. The molecule has 0 bridgehead atoms. The van der Waals surface area contributed by atoms with Crippen molar-refractivity contribution in [2.75, 3.05) is 14.2 Å². The fraction of sp³-hybridized carbons (Fsp3) is 0.500. The van der Waals surface area contributed by atoms with E-state index in [0.29, 0.717) is 5.88 Å². The highest BCUT2D eigenvalue weighted by atomic mass is 16.5. The molecular formula is C14H21N3O4. The molecule has 0 aliphatic carbocycles. The van der Waals surface area contributed by atoms with Crippen LogP contribution in [-0.2, 0) is 16.1 Å². The molecule has 0 aromatic carbocycles. The normalized spacial score (nSPS) is 11.5. The number of carbonyl (C=O) groups is 2. The van der Waals surface area contributed by atoms with Gasteiger partial charge in [0.25, 0.3) is 0 Å². The molecule has 1 heterocycles. The molecular weight excluding hydrogens is 274 g/mol. The van der Waals surface area contributed by atoms with Gasteiger partial charge in [-0.1, -0.05) is 0 Å². The zero-order valence-corrected chi connectivity index (χ0v) is 12.9. The number of hydrogen-bond acceptors (Lipinski definition) is 5. The van der Waals surface area contributed by atoms with Crippen molar-refractivity contribution in [3.63, 3.8) is 0 Å². The number of amides is 2. The number of rotatable bonds is 5. The van der Waals surface area contributed by atoms with Gasteiger partial charge in [0.1, 0.15) is 6.04 Å². The Hall–Kier alpha value is -2.31. The average Bonchev–Trinajstić information content (AvgIpc) is 2.44. The zero-order valence-electron chi connectivity index (χ0n) is 12.9. The molecule has 0 saturated carbocycles. The number of alkyl carbamates (subject to hydrolysis) is 1. The summed E-state index contributed by atoms with van der Waals surface area (Å²) >= 11 is 0. The van der Waals surface area contributed by atoms with Gasteiger partial charge in [-0.05, 0) is 32.4 Å². The monoisotopic (exact) mass is 295 g/mol. The Labute approximate surface area is 124 Å². The van der Waals surface area contributed by atoms with Crippen LogP contribution in [0.3, 0.4) is 0 Å². The molecule has 21 heavy (non-hydrogen) atoms. The summed E-state index contributed by atoms with van der Waals surface area (Å²) in [5, 5.41) is 5.13. The van der Waals surface area contributed by atoms with Crippen molar-refractivity contribution >= 4 is 12.0 Å². The van der Waals surface area contributed by atoms with Gasteiger partial charge >= 0.3 is 6.09 Å². The molecule has 2 amide bonds. The lowest BCUT2D eigenvalue weighted by Gasteiger charge is -2.15. The molecule has 0 aliphatic rings. The summed E-state index contributed by atoms with van der Waals surface area (Å²) in [6.07, 6.45) is -0.650. The molecule has 0 radical (unpaired) electrons. The van der Waals surface area contributed by atoms with Gasteiger partial charge in [-0.2, -0.15) is 0 Å². The maximum absolute atomic E-state index is 11.9. The first-order valence-corrected chi connectivity index (χ1v) is 6.52. The molecule has 0 aliphatic heterocycles. The average molecular weight is 295 g/mol. The van der Waals surface area contributed by atoms with E-state index in [9.17, 15) is 9.59 Å². The van der Waals surface area contributed by atoms with Gasteiger partial charge in [0.15, 0.2) is 0 Å². The Bertz CT molecular complexity index is 531. The van der Waals surface area contributed by atoms with Gasteiger partial charge in [0.05, 0.1) is 14.2 Å². The van der Waals surface area contributed by atoms with E-state index < -0.39 is 12.1 Å². The highest BCUT2D eigenvalue weighted by Gasteiger charge is 2.17. The molecule has 0 saturated heterocycles. The number of nitrogens with zero attached hydrogens (tertiary/aromatic N) is 1. The van der Waals surface area contributed by atoms with E-state index in [-0.39, 0.29) is 12.5 Å². The summed E-state index contributed by atoms with van der Waals surface area (Å²) in [6.45, 7) is 5.65. The lowest BCUT2D eigenvalue weighted by molar-refractivity contribution is -0.122. The van der Waals surface area contributed by atoms with Gasteiger partial charge in [0, 0.05) is 17.8 Å². The van der Waals surface area contributed by atoms with Crippen LogP contribution in [0.4, 0.5) is 4.79 Å². The molecule has 0 fully saturated rings. The second kappa shape index (κ2) is 7.47. The smallest absolute Gasteiger partial charge is 0.407 e. The van der Waals surface area contributed by atoms with Gasteiger partial charge in [0.2, 0.25) is 11.8 Å². The molecule has 7 nitrogen and oxygen atoms in total. The molecule has 0 spiro atoms. The maximum atomic E-state index is 11.9. The van der Waals surface area contributed by atoms with Crippen molar-refractivity contribution in [3.8, 4) is 5.88 Å². The van der Waals surface area contributed by atoms with E-state index in [1.807, 2.05) is 19.9 Å². The van der Waals surface area contributed by atoms with Crippen LogP contribution in [0, 0.1) is 13.8 Å². The largest absolute Gasteiger partial charge is 0.481 e. The number of pyridine rings is 1. The first-order valence-electron chi connectivity index (χ1n) is 6.52. The Morgan fingerprint density at radius 2 is 2.00 bits per heavy atom. The lowest BCUT2D eigenvalue weighted by atomic mass is 10.1. The van der Waals surface area contributed by atoms with Crippen molar-refractivity contribution in [3.05, 3.63) is 22.9 Å². The number of carbonyl (C=O) groups excluding carboxylic acids is 2. The molecule has 116 valence electrons. The summed E-state index contributed by atoms with van der Waals surface area (Å²) in [5.41, 5.74) is 2.63. The van der Waals surface area contributed by atoms with E-state index >= 15 is 0 Å². The summed E-state index contributed by atoms with van der Waals surface area (Å²) < 4.78 is 9.67. The summed E-state index contributed by atoms with van der Waals surface area (Å²) in [5.74, 6) is 0.170. The van der Waals surface area contributed by atoms with Crippen LogP contribution in [0.25, 0.3) is 0 Å². The number of ether oxygens (including phenoxy) is 2. The topological polar surface area (TPSA) is 89.5 Å². The van der Waals surface area contributed by atoms with Gasteiger partial charge in [-0.3, -0.25) is 4.79 Å². The fourth-order valence-corrected chi connectivity index (χ4v) is 1.84. The molecule has 7 heteroatoms. The predicted octanol–water partition coefficient (Wildman–Crippen LogP) is 1.07. The maximum Gasteiger partial charge on any atom is 0.407 e. The second-order valence-electron chi connectivity index (χ2n) is 4.64. The van der Waals surface area contributed by atoms with Crippen LogP contribution < -0.4 is 15.4 Å².